The van der Waals surface area contributed by atoms with Gasteiger partial charge in [-0.2, -0.15) is 31.4 Å². The molecule has 1 atom stereocenters. The van der Waals surface area contributed by atoms with Crippen molar-refractivity contribution in [2.45, 2.75) is 24.8 Å². The van der Waals surface area contributed by atoms with Crippen LogP contribution in [0.4, 0.5) is 37.7 Å². The number of carbonyl (C=O) groups is 1. The highest BCUT2D eigenvalue weighted by atomic mass is 19.4. The number of benzene rings is 4. The molecule has 1 N–H and O–H groups in total. The van der Waals surface area contributed by atoms with E-state index in [9.17, 15) is 31.1 Å². The van der Waals surface area contributed by atoms with Gasteiger partial charge in [0.15, 0.2) is 0 Å². The lowest BCUT2D eigenvalue weighted by molar-refractivity contribution is -0.143. The zero-order valence-electron chi connectivity index (χ0n) is 24.4. The molecule has 0 fully saturated rings. The standard InChI is InChI=1S/C34H26F6N4O2/c1-43-13-12-23-14-22(8-11-30(23)43)31-19-29(21-4-3-5-28(15-21)46-2)42-44(31)27-9-6-20(7-10-27)32(45)41-26-17-24(33(35,36)37)16-25(18-26)34(38,39)40/h3-18,31H,19H2,1-2H3,(H,41,45). The van der Waals surface area contributed by atoms with Gasteiger partial charge >= 0.3 is 12.4 Å². The van der Waals surface area contributed by atoms with Gasteiger partial charge < -0.3 is 14.6 Å². The average molecular weight is 637 g/mol. The number of alkyl halides is 6. The summed E-state index contributed by atoms with van der Waals surface area (Å²) in [5.74, 6) is -0.188. The minimum absolute atomic E-state index is 0.00671. The number of rotatable bonds is 6. The molecule has 0 saturated carbocycles. The van der Waals surface area contributed by atoms with Crippen LogP contribution < -0.4 is 15.1 Å². The van der Waals surface area contributed by atoms with Crippen LogP contribution in [0, 0.1) is 0 Å². The predicted octanol–water partition coefficient (Wildman–Crippen LogP) is 8.83. The Morgan fingerprint density at radius 1 is 0.870 bits per heavy atom. The molecule has 0 spiro atoms. The molecule has 1 aliphatic rings. The summed E-state index contributed by atoms with van der Waals surface area (Å²) in [4.78, 5) is 12.9. The number of ether oxygens (including phenoxy) is 1. The van der Waals surface area contributed by atoms with Gasteiger partial charge in [-0.1, -0.05) is 18.2 Å². The lowest BCUT2D eigenvalue weighted by Crippen LogP contribution is -2.19. The highest BCUT2D eigenvalue weighted by Crippen LogP contribution is 2.39. The Bertz CT molecular complexity index is 1930. The van der Waals surface area contributed by atoms with E-state index in [2.05, 4.69) is 11.4 Å². The van der Waals surface area contributed by atoms with Crippen molar-refractivity contribution < 1.29 is 35.9 Å². The van der Waals surface area contributed by atoms with E-state index >= 15 is 0 Å². The summed E-state index contributed by atoms with van der Waals surface area (Å²) in [7, 11) is 3.55. The number of halogens is 6. The third kappa shape index (κ3) is 6.15. The number of hydrazone groups is 1. The molecule has 0 bridgehead atoms. The van der Waals surface area contributed by atoms with Crippen LogP contribution in [0.15, 0.2) is 102 Å². The number of nitrogens with one attached hydrogen (secondary N) is 1. The largest absolute Gasteiger partial charge is 0.497 e. The first-order valence-corrected chi connectivity index (χ1v) is 14.1. The Morgan fingerprint density at radius 3 is 2.22 bits per heavy atom. The van der Waals surface area contributed by atoms with Crippen LogP contribution in [-0.4, -0.2) is 23.3 Å². The number of hydrogen-bond donors (Lipinski definition) is 1. The molecule has 6 rings (SSSR count). The van der Waals surface area contributed by atoms with Crippen molar-refractivity contribution in [1.29, 1.82) is 0 Å². The predicted molar refractivity (Wildman–Crippen MR) is 163 cm³/mol. The van der Waals surface area contributed by atoms with E-state index in [0.29, 0.717) is 30.0 Å². The Morgan fingerprint density at radius 2 is 1.57 bits per heavy atom. The number of methoxy groups -OCH3 is 1. The molecule has 0 aliphatic carbocycles. The van der Waals surface area contributed by atoms with Crippen molar-refractivity contribution in [2.24, 2.45) is 12.1 Å². The van der Waals surface area contributed by atoms with Crippen LogP contribution in [0.2, 0.25) is 0 Å². The molecule has 4 aromatic carbocycles. The molecule has 6 nitrogen and oxygen atoms in total. The number of hydrogen-bond acceptors (Lipinski definition) is 4. The topological polar surface area (TPSA) is 58.9 Å². The Balaban J connectivity index is 1.31. The van der Waals surface area contributed by atoms with Gasteiger partial charge in [0.05, 0.1) is 35.7 Å². The smallest absolute Gasteiger partial charge is 0.416 e. The van der Waals surface area contributed by atoms with E-state index in [4.69, 9.17) is 9.84 Å². The molecular formula is C34H26F6N4O2. The van der Waals surface area contributed by atoms with Crippen LogP contribution in [-0.2, 0) is 19.4 Å². The maximum atomic E-state index is 13.3. The number of fused-ring (bicyclic) bond motifs is 1. The Hall–Kier alpha value is -5.26. The first-order valence-electron chi connectivity index (χ1n) is 14.1. The van der Waals surface area contributed by atoms with E-state index in [1.165, 1.54) is 12.1 Å². The fourth-order valence-electron chi connectivity index (χ4n) is 5.49. The van der Waals surface area contributed by atoms with Crippen molar-refractivity contribution in [3.05, 3.63) is 125 Å². The number of aryl methyl sites for hydroxylation is 1. The summed E-state index contributed by atoms with van der Waals surface area (Å²) in [5.41, 5.74) is 0.761. The molecule has 1 aromatic heterocycles. The van der Waals surface area contributed by atoms with Gasteiger partial charge in [0.1, 0.15) is 5.75 Å². The molecule has 0 saturated heterocycles. The molecule has 5 aromatic rings. The summed E-state index contributed by atoms with van der Waals surface area (Å²) < 4.78 is 87.2. The van der Waals surface area contributed by atoms with Crippen molar-refractivity contribution >= 4 is 33.9 Å². The maximum absolute atomic E-state index is 13.3. The van der Waals surface area contributed by atoms with Gasteiger partial charge in [-0.05, 0) is 83.7 Å². The van der Waals surface area contributed by atoms with Gasteiger partial charge in [0.2, 0.25) is 0 Å². The molecule has 1 amide bonds. The number of amides is 1. The van der Waals surface area contributed by atoms with Crippen LogP contribution in [0.3, 0.4) is 0 Å². The molecular weight excluding hydrogens is 610 g/mol. The summed E-state index contributed by atoms with van der Waals surface area (Å²) in [6.45, 7) is 0. The zero-order chi connectivity index (χ0) is 32.8. The highest BCUT2D eigenvalue weighted by molar-refractivity contribution is 6.05. The third-order valence-electron chi connectivity index (χ3n) is 7.85. The highest BCUT2D eigenvalue weighted by Gasteiger charge is 2.37. The summed E-state index contributed by atoms with van der Waals surface area (Å²) in [6.07, 6.45) is -7.54. The molecule has 0 radical (unpaired) electrons. The second-order valence-corrected chi connectivity index (χ2v) is 10.9. The summed E-state index contributed by atoms with van der Waals surface area (Å²) >= 11 is 0. The number of anilines is 2. The lowest BCUT2D eigenvalue weighted by Gasteiger charge is -2.24. The molecule has 2 heterocycles. The quantitative estimate of drug-likeness (QED) is 0.190. The van der Waals surface area contributed by atoms with E-state index in [0.717, 1.165) is 27.7 Å². The summed E-state index contributed by atoms with van der Waals surface area (Å²) in [5, 5.41) is 10.00. The normalized spacial score (nSPS) is 15.3. The second-order valence-electron chi connectivity index (χ2n) is 10.9. The van der Waals surface area contributed by atoms with Gasteiger partial charge in [-0.3, -0.25) is 9.80 Å². The monoisotopic (exact) mass is 636 g/mol. The third-order valence-corrected chi connectivity index (χ3v) is 7.85. The van der Waals surface area contributed by atoms with Gasteiger partial charge in [0.25, 0.3) is 5.91 Å². The van der Waals surface area contributed by atoms with Crippen molar-refractivity contribution in [3.8, 4) is 5.75 Å². The fourth-order valence-corrected chi connectivity index (χ4v) is 5.49. The average Bonchev–Trinajstić information content (AvgIpc) is 3.64. The minimum atomic E-state index is -5.04. The zero-order valence-corrected chi connectivity index (χ0v) is 24.4. The molecule has 1 unspecified atom stereocenters. The number of carbonyl (C=O) groups excluding carboxylic acids is 1. The van der Waals surface area contributed by atoms with Crippen LogP contribution in [0.25, 0.3) is 10.9 Å². The van der Waals surface area contributed by atoms with Crippen molar-refractivity contribution in [2.75, 3.05) is 17.4 Å². The van der Waals surface area contributed by atoms with Crippen molar-refractivity contribution in [3.63, 3.8) is 0 Å². The van der Waals surface area contributed by atoms with Gasteiger partial charge in [-0.25, -0.2) is 0 Å². The van der Waals surface area contributed by atoms with Gasteiger partial charge in [-0.15, -0.1) is 0 Å². The summed E-state index contributed by atoms with van der Waals surface area (Å²) in [6, 6.07) is 22.6. The van der Waals surface area contributed by atoms with Crippen LogP contribution >= 0.6 is 0 Å². The SMILES string of the molecule is COc1cccc(C2=NN(c3ccc(C(=O)Nc4cc(C(F)(F)F)cc(C(F)(F)F)c4)cc3)C(c3ccc4c(ccn4C)c3)C2)c1. The fraction of sp³-hybridized carbons (Fsp3) is 0.176. The van der Waals surface area contributed by atoms with E-state index in [1.54, 1.807) is 19.2 Å². The molecule has 46 heavy (non-hydrogen) atoms. The second kappa shape index (κ2) is 11.6. The van der Waals surface area contributed by atoms with Crippen molar-refractivity contribution in [1.82, 2.24) is 4.57 Å². The Kier molecular flexibility index (Phi) is 7.75. The van der Waals surface area contributed by atoms with Crippen LogP contribution in [0.5, 0.6) is 5.75 Å². The van der Waals surface area contributed by atoms with Crippen LogP contribution in [0.1, 0.15) is 45.1 Å². The maximum Gasteiger partial charge on any atom is 0.416 e. The van der Waals surface area contributed by atoms with E-state index in [-0.39, 0.29) is 17.7 Å². The van der Waals surface area contributed by atoms with E-state index in [1.807, 2.05) is 65.3 Å². The van der Waals surface area contributed by atoms with E-state index < -0.39 is 35.1 Å². The number of aromatic nitrogens is 1. The molecule has 1 aliphatic heterocycles. The van der Waals surface area contributed by atoms with Gasteiger partial charge in [0, 0.05) is 42.0 Å². The molecule has 236 valence electrons. The lowest BCUT2D eigenvalue weighted by atomic mass is 9.97. The number of nitrogens with zero attached hydrogens (tertiary/aromatic N) is 3. The first kappa shape index (κ1) is 30.8. The Labute approximate surface area is 259 Å². The minimum Gasteiger partial charge on any atom is -0.497 e. The molecule has 12 heteroatoms. The first-order chi connectivity index (χ1) is 21.8.